The van der Waals surface area contributed by atoms with E-state index in [1.165, 1.54) is 28.0 Å². The molecule has 0 spiro atoms. The molecule has 0 N–H and O–H groups in total. The standard InChI is InChI=1S/C31H23BrFN3O4S/c1-3-39-30(38)27-18(2)35-31-36(28(27)22-9-11-23(33)12-10-22)29(37)26(41-31)15-21-8-13-25(24(32)14-21)40-17-20-6-4-19(16-34)5-7-20/h4-15,28H,3,17H2,1-2H3/b26-15-/t28-/m0/s1. The summed E-state index contributed by atoms with van der Waals surface area (Å²) in [4.78, 5) is 31.7. The van der Waals surface area contributed by atoms with Crippen LogP contribution in [-0.4, -0.2) is 17.1 Å². The Kier molecular flexibility index (Phi) is 8.28. The number of esters is 1. The first-order valence-electron chi connectivity index (χ1n) is 12.7. The Bertz CT molecular complexity index is 1890. The molecule has 1 aliphatic heterocycles. The van der Waals surface area contributed by atoms with Crippen molar-refractivity contribution in [2.45, 2.75) is 26.5 Å². The van der Waals surface area contributed by atoms with E-state index in [1.807, 2.05) is 24.3 Å². The molecule has 0 saturated heterocycles. The predicted molar refractivity (Wildman–Crippen MR) is 156 cm³/mol. The van der Waals surface area contributed by atoms with Crippen LogP contribution in [0.2, 0.25) is 0 Å². The number of hydrogen-bond donors (Lipinski definition) is 0. The second-order valence-electron chi connectivity index (χ2n) is 9.14. The maximum atomic E-state index is 13.7. The Balaban J connectivity index is 1.49. The first-order chi connectivity index (χ1) is 19.8. The van der Waals surface area contributed by atoms with Gasteiger partial charge in [-0.3, -0.25) is 9.36 Å². The number of thiazole rings is 1. The molecule has 2 heterocycles. The molecule has 1 aliphatic rings. The van der Waals surface area contributed by atoms with Crippen LogP contribution in [-0.2, 0) is 16.1 Å². The number of nitriles is 1. The van der Waals surface area contributed by atoms with E-state index in [0.717, 1.165) is 11.1 Å². The highest BCUT2D eigenvalue weighted by atomic mass is 79.9. The highest BCUT2D eigenvalue weighted by molar-refractivity contribution is 9.10. The zero-order chi connectivity index (χ0) is 29.1. The van der Waals surface area contributed by atoms with Gasteiger partial charge in [-0.25, -0.2) is 14.2 Å². The van der Waals surface area contributed by atoms with E-state index in [1.54, 1.807) is 50.3 Å². The number of halogens is 2. The van der Waals surface area contributed by atoms with E-state index in [9.17, 15) is 14.0 Å². The lowest BCUT2D eigenvalue weighted by molar-refractivity contribution is -0.139. The molecular formula is C31H23BrFN3O4S. The van der Waals surface area contributed by atoms with E-state index < -0.39 is 17.8 Å². The Morgan fingerprint density at radius 2 is 1.90 bits per heavy atom. The van der Waals surface area contributed by atoms with Crippen LogP contribution in [0.15, 0.2) is 92.3 Å². The zero-order valence-electron chi connectivity index (χ0n) is 22.1. The van der Waals surface area contributed by atoms with Crippen LogP contribution in [0.4, 0.5) is 4.39 Å². The normalized spacial score (nSPS) is 14.7. The number of fused-ring (bicyclic) bond motifs is 1. The van der Waals surface area contributed by atoms with Gasteiger partial charge in [-0.1, -0.05) is 41.7 Å². The molecule has 7 nitrogen and oxygen atoms in total. The third-order valence-electron chi connectivity index (χ3n) is 6.43. The predicted octanol–water partition coefficient (Wildman–Crippen LogP) is 5.15. The van der Waals surface area contributed by atoms with Crippen LogP contribution < -0.4 is 19.6 Å². The van der Waals surface area contributed by atoms with Gasteiger partial charge in [0.1, 0.15) is 18.2 Å². The lowest BCUT2D eigenvalue weighted by Crippen LogP contribution is -2.39. The lowest BCUT2D eigenvalue weighted by atomic mass is 9.96. The van der Waals surface area contributed by atoms with Gasteiger partial charge < -0.3 is 9.47 Å². The smallest absolute Gasteiger partial charge is 0.338 e. The topological polar surface area (TPSA) is 93.7 Å². The monoisotopic (exact) mass is 631 g/mol. The Morgan fingerprint density at radius 3 is 2.56 bits per heavy atom. The summed E-state index contributed by atoms with van der Waals surface area (Å²) in [6, 6.07) is 19.7. The van der Waals surface area contributed by atoms with Gasteiger partial charge in [0, 0.05) is 0 Å². The van der Waals surface area contributed by atoms with Crippen LogP contribution in [0.5, 0.6) is 5.75 Å². The van der Waals surface area contributed by atoms with Crippen LogP contribution >= 0.6 is 27.3 Å². The molecule has 1 aromatic heterocycles. The fourth-order valence-corrected chi connectivity index (χ4v) is 6.02. The molecule has 0 aliphatic carbocycles. The first kappa shape index (κ1) is 28.2. The van der Waals surface area contributed by atoms with E-state index >= 15 is 0 Å². The highest BCUT2D eigenvalue weighted by Crippen LogP contribution is 2.31. The third kappa shape index (κ3) is 5.92. The summed E-state index contributed by atoms with van der Waals surface area (Å²) in [7, 11) is 0. The molecular weight excluding hydrogens is 609 g/mol. The number of allylic oxidation sites excluding steroid dienone is 1. The molecule has 206 valence electrons. The maximum Gasteiger partial charge on any atom is 0.338 e. The summed E-state index contributed by atoms with van der Waals surface area (Å²) in [5.41, 5.74) is 3.20. The summed E-state index contributed by atoms with van der Waals surface area (Å²) in [6.07, 6.45) is 1.75. The van der Waals surface area contributed by atoms with Gasteiger partial charge in [-0.15, -0.1) is 0 Å². The largest absolute Gasteiger partial charge is 0.488 e. The molecule has 0 bridgehead atoms. The molecule has 10 heteroatoms. The molecule has 0 fully saturated rings. The van der Waals surface area contributed by atoms with Crippen molar-refractivity contribution < 1.29 is 18.7 Å². The minimum absolute atomic E-state index is 0.165. The second kappa shape index (κ2) is 12.0. The molecule has 1 atom stereocenters. The number of aromatic nitrogens is 1. The van der Waals surface area contributed by atoms with Gasteiger partial charge in [-0.05, 0) is 88.9 Å². The summed E-state index contributed by atoms with van der Waals surface area (Å²) in [5.74, 6) is -0.369. The summed E-state index contributed by atoms with van der Waals surface area (Å²) < 4.78 is 27.5. The van der Waals surface area contributed by atoms with E-state index in [0.29, 0.717) is 43.0 Å². The Morgan fingerprint density at radius 1 is 1.17 bits per heavy atom. The number of carbonyl (C=O) groups is 1. The van der Waals surface area contributed by atoms with Crippen molar-refractivity contribution in [1.29, 1.82) is 5.26 Å². The van der Waals surface area contributed by atoms with Crippen LogP contribution in [0.25, 0.3) is 6.08 Å². The average Bonchev–Trinajstić information content (AvgIpc) is 3.26. The maximum absolute atomic E-state index is 13.7. The number of carbonyl (C=O) groups excluding carboxylic acids is 1. The quantitative estimate of drug-likeness (QED) is 0.263. The van der Waals surface area contributed by atoms with Gasteiger partial charge >= 0.3 is 5.97 Å². The first-order valence-corrected chi connectivity index (χ1v) is 14.3. The van der Waals surface area contributed by atoms with Gasteiger partial charge in [-0.2, -0.15) is 5.26 Å². The molecule has 0 radical (unpaired) electrons. The molecule has 5 rings (SSSR count). The lowest BCUT2D eigenvalue weighted by Gasteiger charge is -2.24. The van der Waals surface area contributed by atoms with Crippen LogP contribution in [0.3, 0.4) is 0 Å². The van der Waals surface area contributed by atoms with Crippen molar-refractivity contribution in [3.05, 3.63) is 130 Å². The molecule has 4 aromatic rings. The summed E-state index contributed by atoms with van der Waals surface area (Å²) >= 11 is 4.76. The Hall–Kier alpha value is -4.33. The Labute approximate surface area is 247 Å². The minimum atomic E-state index is -0.808. The second-order valence-corrected chi connectivity index (χ2v) is 11.0. The number of nitrogens with zero attached hydrogens (tertiary/aromatic N) is 3. The van der Waals surface area contributed by atoms with Gasteiger partial charge in [0.25, 0.3) is 5.56 Å². The van der Waals surface area contributed by atoms with Crippen LogP contribution in [0.1, 0.15) is 42.1 Å². The minimum Gasteiger partial charge on any atom is -0.488 e. The molecule has 3 aromatic carbocycles. The van der Waals surface area contributed by atoms with E-state index in [2.05, 4.69) is 27.0 Å². The molecule has 0 saturated carbocycles. The van der Waals surface area contributed by atoms with Gasteiger partial charge in [0.2, 0.25) is 0 Å². The SMILES string of the molecule is CCOC(=O)C1=C(C)N=c2s/c(=C\c3ccc(OCc4ccc(C#N)cc4)c(Br)c3)c(=O)n2[C@H]1c1ccc(F)cc1. The highest BCUT2D eigenvalue weighted by Gasteiger charge is 2.33. The van der Waals surface area contributed by atoms with Gasteiger partial charge in [0.05, 0.1) is 44.6 Å². The molecule has 0 unspecified atom stereocenters. The van der Waals surface area contributed by atoms with Crippen LogP contribution in [0, 0.1) is 17.1 Å². The van der Waals surface area contributed by atoms with Crippen molar-refractivity contribution in [3.63, 3.8) is 0 Å². The van der Waals surface area contributed by atoms with Gasteiger partial charge in [0.15, 0.2) is 4.80 Å². The number of hydrogen-bond acceptors (Lipinski definition) is 7. The zero-order valence-corrected chi connectivity index (χ0v) is 24.5. The van der Waals surface area contributed by atoms with Crippen molar-refractivity contribution in [2.75, 3.05) is 6.61 Å². The number of ether oxygens (including phenoxy) is 2. The molecule has 41 heavy (non-hydrogen) atoms. The third-order valence-corrected chi connectivity index (χ3v) is 8.04. The van der Waals surface area contributed by atoms with Crippen molar-refractivity contribution in [2.24, 2.45) is 4.99 Å². The van der Waals surface area contributed by atoms with E-state index in [4.69, 9.17) is 14.7 Å². The fourth-order valence-electron chi connectivity index (χ4n) is 4.46. The van der Waals surface area contributed by atoms with Crippen molar-refractivity contribution >= 4 is 39.3 Å². The number of benzene rings is 3. The summed E-state index contributed by atoms with van der Waals surface area (Å²) in [6.45, 7) is 3.90. The number of rotatable bonds is 7. The van der Waals surface area contributed by atoms with Crippen molar-refractivity contribution in [1.82, 2.24) is 4.57 Å². The van der Waals surface area contributed by atoms with E-state index in [-0.39, 0.29) is 17.7 Å². The van der Waals surface area contributed by atoms with Crippen molar-refractivity contribution in [3.8, 4) is 11.8 Å². The fraction of sp³-hybridized carbons (Fsp3) is 0.161. The average molecular weight is 633 g/mol. The summed E-state index contributed by atoms with van der Waals surface area (Å²) in [5, 5.41) is 8.96. The molecule has 0 amide bonds.